The molecule has 1 aromatic rings. The number of hydrogen-bond acceptors (Lipinski definition) is 4. The molecule has 1 unspecified atom stereocenters. The Balaban J connectivity index is 1.98. The summed E-state index contributed by atoms with van der Waals surface area (Å²) in [4.78, 5) is 17.2. The number of rotatable bonds is 4. The first-order valence-corrected chi connectivity index (χ1v) is 5.87. The van der Waals surface area contributed by atoms with E-state index in [-0.39, 0.29) is 0 Å². The number of amides is 1. The predicted octanol–water partition coefficient (Wildman–Crippen LogP) is 0.369. The predicted molar refractivity (Wildman–Crippen MR) is 67.0 cm³/mol. The van der Waals surface area contributed by atoms with E-state index in [2.05, 4.69) is 15.2 Å². The highest BCUT2D eigenvalue weighted by atomic mass is 16.1. The van der Waals surface area contributed by atoms with Gasteiger partial charge in [-0.05, 0) is 31.5 Å². The molecule has 1 aliphatic heterocycles. The highest BCUT2D eigenvalue weighted by molar-refractivity contribution is 5.92. The van der Waals surface area contributed by atoms with Crippen LogP contribution in [0.4, 0.5) is 5.82 Å². The fourth-order valence-corrected chi connectivity index (χ4v) is 2.09. The Morgan fingerprint density at radius 3 is 3.00 bits per heavy atom. The lowest BCUT2D eigenvalue weighted by atomic mass is 10.2. The number of carbonyl (C=O) groups excluding carboxylic acids is 1. The van der Waals surface area contributed by atoms with E-state index in [1.54, 1.807) is 6.07 Å². The van der Waals surface area contributed by atoms with Crippen molar-refractivity contribution in [2.24, 2.45) is 5.73 Å². The minimum atomic E-state index is -0.441. The summed E-state index contributed by atoms with van der Waals surface area (Å²) in [6.07, 6.45) is 3.98. The van der Waals surface area contributed by atoms with E-state index in [4.69, 9.17) is 5.73 Å². The second-order valence-electron chi connectivity index (χ2n) is 4.44. The van der Waals surface area contributed by atoms with Crippen LogP contribution in [0.5, 0.6) is 0 Å². The number of nitrogens with one attached hydrogen (secondary N) is 1. The van der Waals surface area contributed by atoms with Crippen molar-refractivity contribution in [2.45, 2.75) is 18.9 Å². The van der Waals surface area contributed by atoms with E-state index in [1.165, 1.54) is 19.0 Å². The monoisotopic (exact) mass is 234 g/mol. The molecular formula is C12H18N4O. The van der Waals surface area contributed by atoms with Crippen molar-refractivity contribution in [1.29, 1.82) is 0 Å². The van der Waals surface area contributed by atoms with Gasteiger partial charge in [0.15, 0.2) is 0 Å². The zero-order chi connectivity index (χ0) is 12.3. The molecule has 0 spiro atoms. The number of hydrogen-bond donors (Lipinski definition) is 2. The second kappa shape index (κ2) is 5.14. The number of carbonyl (C=O) groups is 1. The summed E-state index contributed by atoms with van der Waals surface area (Å²) in [6, 6.07) is 4.08. The number of likely N-dealkylation sites (N-methyl/N-ethyl adjacent to an activating group) is 1. The summed E-state index contributed by atoms with van der Waals surface area (Å²) in [6.45, 7) is 2.04. The van der Waals surface area contributed by atoms with E-state index in [9.17, 15) is 4.79 Å². The first-order chi connectivity index (χ1) is 8.16. The van der Waals surface area contributed by atoms with Crippen molar-refractivity contribution in [3.8, 4) is 0 Å². The molecule has 0 radical (unpaired) electrons. The van der Waals surface area contributed by atoms with Crippen LogP contribution in [0.2, 0.25) is 0 Å². The van der Waals surface area contributed by atoms with Crippen LogP contribution in [0.25, 0.3) is 0 Å². The molecule has 0 aliphatic carbocycles. The van der Waals surface area contributed by atoms with Crippen LogP contribution in [0.3, 0.4) is 0 Å². The van der Waals surface area contributed by atoms with E-state index in [0.717, 1.165) is 18.9 Å². The van der Waals surface area contributed by atoms with Gasteiger partial charge in [0, 0.05) is 25.8 Å². The van der Waals surface area contributed by atoms with Gasteiger partial charge in [0.1, 0.15) is 5.82 Å². The molecule has 5 nitrogen and oxygen atoms in total. The second-order valence-corrected chi connectivity index (χ2v) is 4.44. The molecule has 1 saturated heterocycles. The van der Waals surface area contributed by atoms with Gasteiger partial charge in [0.05, 0.1) is 5.56 Å². The Kier molecular flexibility index (Phi) is 3.58. The maximum absolute atomic E-state index is 10.9. The van der Waals surface area contributed by atoms with Crippen LogP contribution in [0.15, 0.2) is 18.3 Å². The van der Waals surface area contributed by atoms with Gasteiger partial charge in [-0.25, -0.2) is 4.98 Å². The summed E-state index contributed by atoms with van der Waals surface area (Å²) < 4.78 is 0. The molecule has 5 heteroatoms. The number of nitrogens with zero attached hydrogens (tertiary/aromatic N) is 2. The molecule has 0 bridgehead atoms. The van der Waals surface area contributed by atoms with Crippen molar-refractivity contribution < 1.29 is 4.79 Å². The normalized spacial score (nSPS) is 19.2. The molecule has 17 heavy (non-hydrogen) atoms. The molecular weight excluding hydrogens is 216 g/mol. The first kappa shape index (κ1) is 11.9. The standard InChI is InChI=1S/C12H18N4O/c1-16(8-10-3-2-6-14-10)11-5-4-9(7-15-11)12(13)17/h4-5,7,10,14H,2-3,6,8H2,1H3,(H2,13,17). The van der Waals surface area contributed by atoms with Crippen LogP contribution in [-0.4, -0.2) is 37.1 Å². The largest absolute Gasteiger partial charge is 0.366 e. The molecule has 1 aliphatic rings. The first-order valence-electron chi connectivity index (χ1n) is 5.87. The van der Waals surface area contributed by atoms with Crippen LogP contribution in [0, 0.1) is 0 Å². The maximum Gasteiger partial charge on any atom is 0.250 e. The van der Waals surface area contributed by atoms with Gasteiger partial charge >= 0.3 is 0 Å². The molecule has 1 atom stereocenters. The van der Waals surface area contributed by atoms with Gasteiger partial charge in [-0.15, -0.1) is 0 Å². The van der Waals surface area contributed by atoms with Crippen LogP contribution in [-0.2, 0) is 0 Å². The van der Waals surface area contributed by atoms with E-state index < -0.39 is 5.91 Å². The summed E-state index contributed by atoms with van der Waals surface area (Å²) in [5.74, 6) is 0.424. The highest BCUT2D eigenvalue weighted by Crippen LogP contribution is 2.12. The minimum absolute atomic E-state index is 0.441. The zero-order valence-electron chi connectivity index (χ0n) is 10.0. The molecule has 1 fully saturated rings. The zero-order valence-corrected chi connectivity index (χ0v) is 10.0. The SMILES string of the molecule is CN(CC1CCCN1)c1ccc(C(N)=O)cn1. The Labute approximate surface area is 101 Å². The lowest BCUT2D eigenvalue weighted by Crippen LogP contribution is -2.35. The van der Waals surface area contributed by atoms with Crippen LogP contribution in [0.1, 0.15) is 23.2 Å². The fraction of sp³-hybridized carbons (Fsp3) is 0.500. The number of primary amides is 1. The molecule has 0 saturated carbocycles. The summed E-state index contributed by atoms with van der Waals surface area (Å²) in [5, 5.41) is 3.44. The Morgan fingerprint density at radius 2 is 2.47 bits per heavy atom. The molecule has 2 rings (SSSR count). The van der Waals surface area contributed by atoms with Crippen molar-refractivity contribution in [3.05, 3.63) is 23.9 Å². The third-order valence-electron chi connectivity index (χ3n) is 3.08. The number of anilines is 1. The number of pyridine rings is 1. The molecule has 0 aromatic carbocycles. The highest BCUT2D eigenvalue weighted by Gasteiger charge is 2.16. The van der Waals surface area contributed by atoms with Gasteiger partial charge in [-0.2, -0.15) is 0 Å². The topological polar surface area (TPSA) is 71.2 Å². The molecule has 92 valence electrons. The lowest BCUT2D eigenvalue weighted by Gasteiger charge is -2.22. The molecule has 1 amide bonds. The number of nitrogens with two attached hydrogens (primary N) is 1. The quantitative estimate of drug-likeness (QED) is 0.789. The minimum Gasteiger partial charge on any atom is -0.366 e. The van der Waals surface area contributed by atoms with Crippen LogP contribution < -0.4 is 16.0 Å². The number of aromatic nitrogens is 1. The van der Waals surface area contributed by atoms with Gasteiger partial charge < -0.3 is 16.0 Å². The van der Waals surface area contributed by atoms with Crippen molar-refractivity contribution in [3.63, 3.8) is 0 Å². The molecule has 3 N–H and O–H groups in total. The van der Waals surface area contributed by atoms with Gasteiger partial charge in [-0.3, -0.25) is 4.79 Å². The summed E-state index contributed by atoms with van der Waals surface area (Å²) >= 11 is 0. The summed E-state index contributed by atoms with van der Waals surface area (Å²) in [7, 11) is 2.01. The fourth-order valence-electron chi connectivity index (χ4n) is 2.09. The average Bonchev–Trinajstić information content (AvgIpc) is 2.82. The van der Waals surface area contributed by atoms with Crippen LogP contribution >= 0.6 is 0 Å². The maximum atomic E-state index is 10.9. The smallest absolute Gasteiger partial charge is 0.250 e. The van der Waals surface area contributed by atoms with Gasteiger partial charge in [-0.1, -0.05) is 0 Å². The van der Waals surface area contributed by atoms with Gasteiger partial charge in [0.2, 0.25) is 5.91 Å². The Morgan fingerprint density at radius 1 is 1.65 bits per heavy atom. The lowest BCUT2D eigenvalue weighted by molar-refractivity contribution is 0.1000. The average molecular weight is 234 g/mol. The van der Waals surface area contributed by atoms with Crippen molar-refractivity contribution in [1.82, 2.24) is 10.3 Å². The van der Waals surface area contributed by atoms with Crippen molar-refractivity contribution >= 4 is 11.7 Å². The van der Waals surface area contributed by atoms with Crippen molar-refractivity contribution in [2.75, 3.05) is 25.0 Å². The molecule has 1 aromatic heterocycles. The summed E-state index contributed by atoms with van der Waals surface area (Å²) in [5.41, 5.74) is 5.61. The Hall–Kier alpha value is -1.62. The van der Waals surface area contributed by atoms with E-state index >= 15 is 0 Å². The third-order valence-corrected chi connectivity index (χ3v) is 3.08. The molecule has 2 heterocycles. The van der Waals surface area contributed by atoms with E-state index in [1.807, 2.05) is 13.1 Å². The van der Waals surface area contributed by atoms with Gasteiger partial charge in [0.25, 0.3) is 0 Å². The third kappa shape index (κ3) is 2.94. The Bertz CT molecular complexity index is 384. The van der Waals surface area contributed by atoms with E-state index in [0.29, 0.717) is 11.6 Å².